The zero-order valence-electron chi connectivity index (χ0n) is 15.8. The van der Waals surface area contributed by atoms with Gasteiger partial charge in [-0.1, -0.05) is 0 Å². The third-order valence-electron chi connectivity index (χ3n) is 3.95. The van der Waals surface area contributed by atoms with Gasteiger partial charge in [-0.15, -0.1) is 10.2 Å². The smallest absolute Gasteiger partial charge is 0.378 e. The molecule has 0 N–H and O–H groups in total. The van der Waals surface area contributed by atoms with Crippen molar-refractivity contribution in [1.82, 2.24) is 39.2 Å². The Bertz CT molecular complexity index is 1200. The maximum absolute atomic E-state index is 12.0. The van der Waals surface area contributed by atoms with Crippen molar-refractivity contribution in [3.05, 3.63) is 47.6 Å². The maximum atomic E-state index is 12.0. The van der Waals surface area contributed by atoms with Crippen LogP contribution in [0.2, 0.25) is 0 Å². The number of carbonyl (C=O) groups excluding carboxylic acids is 3. The molecule has 0 aromatic carbocycles. The lowest BCUT2D eigenvalue weighted by molar-refractivity contribution is -0.125. The lowest BCUT2D eigenvalue weighted by Gasteiger charge is -2.02. The molecule has 0 fully saturated rings. The highest BCUT2D eigenvalue weighted by molar-refractivity contribution is 5.91. The fourth-order valence-corrected chi connectivity index (χ4v) is 2.45. The van der Waals surface area contributed by atoms with Gasteiger partial charge in [0.05, 0.1) is 0 Å². The van der Waals surface area contributed by atoms with Gasteiger partial charge in [0, 0.05) is 23.8 Å². The Hall–Kier alpha value is -4.29. The third kappa shape index (κ3) is 3.67. The summed E-state index contributed by atoms with van der Waals surface area (Å²) in [5.41, 5.74) is 1.45. The van der Waals surface area contributed by atoms with E-state index >= 15 is 0 Å². The van der Waals surface area contributed by atoms with Gasteiger partial charge in [0.15, 0.2) is 13.2 Å². The van der Waals surface area contributed by atoms with Gasteiger partial charge < -0.3 is 9.47 Å². The Morgan fingerprint density at radius 3 is 1.63 bits per heavy atom. The number of esters is 2. The number of nitrogens with zero attached hydrogens (tertiary/aromatic N) is 8. The zero-order valence-corrected chi connectivity index (χ0v) is 15.8. The van der Waals surface area contributed by atoms with Crippen LogP contribution in [0.1, 0.15) is 32.6 Å². The van der Waals surface area contributed by atoms with Crippen LogP contribution in [0.5, 0.6) is 0 Å². The highest BCUT2D eigenvalue weighted by atomic mass is 16.6. The van der Waals surface area contributed by atoms with Crippen molar-refractivity contribution in [2.75, 3.05) is 13.2 Å². The summed E-state index contributed by atoms with van der Waals surface area (Å²) in [6.45, 7) is 2.30. The van der Waals surface area contributed by atoms with Gasteiger partial charge in [0.1, 0.15) is 0 Å². The molecule has 4 aromatic heterocycles. The molecule has 13 heteroatoms. The first-order chi connectivity index (χ1) is 14.4. The molecule has 152 valence electrons. The molecule has 0 unspecified atom stereocenters. The maximum Gasteiger partial charge on any atom is 0.378 e. The fraction of sp³-hybridized carbons (Fsp3) is 0.235. The van der Waals surface area contributed by atoms with Crippen molar-refractivity contribution < 1.29 is 23.9 Å². The van der Waals surface area contributed by atoms with E-state index in [9.17, 15) is 14.4 Å². The van der Waals surface area contributed by atoms with Crippen LogP contribution in [0.25, 0.3) is 11.6 Å². The molecule has 0 bridgehead atoms. The molecule has 0 saturated carbocycles. The summed E-state index contributed by atoms with van der Waals surface area (Å²) in [7, 11) is 0. The zero-order chi connectivity index (χ0) is 21.3. The molecule has 0 aliphatic carbocycles. The average molecular weight is 410 g/mol. The van der Waals surface area contributed by atoms with Crippen molar-refractivity contribution in [3.8, 4) is 0 Å². The standard InChI is InChI=1S/C17H14N8O5/c1-9-3-5-18-16-20-12(22-24(9)16)14(27)29-7-11(26)8-30-15(28)13-21-17-19-6-4-10(2)25(17)23-13/h3-6H,7-8H2,1-2H3. The van der Waals surface area contributed by atoms with Crippen molar-refractivity contribution >= 4 is 29.3 Å². The van der Waals surface area contributed by atoms with E-state index < -0.39 is 30.9 Å². The molecule has 0 amide bonds. The predicted molar refractivity (Wildman–Crippen MR) is 96.6 cm³/mol. The Kier molecular flexibility index (Phi) is 4.83. The number of rotatable bonds is 6. The van der Waals surface area contributed by atoms with E-state index in [4.69, 9.17) is 9.47 Å². The number of hydrogen-bond donors (Lipinski definition) is 0. The number of aromatic nitrogens is 8. The fourth-order valence-electron chi connectivity index (χ4n) is 2.45. The Balaban J connectivity index is 1.31. The Morgan fingerprint density at radius 1 is 0.800 bits per heavy atom. The summed E-state index contributed by atoms with van der Waals surface area (Å²) in [5.74, 6) is -2.46. The van der Waals surface area contributed by atoms with Crippen LogP contribution in [0, 0.1) is 13.8 Å². The van der Waals surface area contributed by atoms with E-state index in [1.807, 2.05) is 0 Å². The van der Waals surface area contributed by atoms with Gasteiger partial charge in [0.2, 0.25) is 5.78 Å². The first-order valence-electron chi connectivity index (χ1n) is 8.65. The Labute approximate surface area is 167 Å². The molecule has 0 saturated heterocycles. The molecular formula is C17H14N8O5. The molecule has 0 radical (unpaired) electrons. The van der Waals surface area contributed by atoms with Crippen LogP contribution < -0.4 is 0 Å². The first kappa shape index (κ1) is 19.0. The molecule has 30 heavy (non-hydrogen) atoms. The van der Waals surface area contributed by atoms with Gasteiger partial charge >= 0.3 is 11.9 Å². The minimum atomic E-state index is -0.900. The van der Waals surface area contributed by atoms with Crippen LogP contribution in [-0.2, 0) is 14.3 Å². The SMILES string of the molecule is Cc1ccnc2nc(C(=O)OCC(=O)COC(=O)c3nc4nccc(C)n4n3)nn12. The second-order valence-electron chi connectivity index (χ2n) is 6.16. The predicted octanol–water partition coefficient (Wildman–Crippen LogP) is -0.238. The minimum absolute atomic E-state index is 0.229. The van der Waals surface area contributed by atoms with Crippen molar-refractivity contribution in [3.63, 3.8) is 0 Å². The van der Waals surface area contributed by atoms with Crippen LogP contribution in [0.15, 0.2) is 24.5 Å². The number of fused-ring (bicyclic) bond motifs is 2. The molecule has 4 heterocycles. The highest BCUT2D eigenvalue weighted by Crippen LogP contribution is 2.05. The van der Waals surface area contributed by atoms with Crippen LogP contribution in [-0.4, -0.2) is 70.1 Å². The first-order valence-corrected chi connectivity index (χ1v) is 8.65. The normalized spacial score (nSPS) is 11.0. The molecule has 0 spiro atoms. The van der Waals surface area contributed by atoms with E-state index in [2.05, 4.69) is 30.1 Å². The topological polar surface area (TPSA) is 156 Å². The van der Waals surface area contributed by atoms with Gasteiger partial charge in [-0.2, -0.15) is 9.97 Å². The second-order valence-corrected chi connectivity index (χ2v) is 6.16. The monoisotopic (exact) mass is 410 g/mol. The number of carbonyl (C=O) groups is 3. The number of Topliss-reactive ketones (excluding diaryl/α,β-unsaturated/α-hetero) is 1. The molecule has 0 aliphatic heterocycles. The van der Waals surface area contributed by atoms with E-state index in [0.717, 1.165) is 11.4 Å². The number of ether oxygens (including phenoxy) is 2. The second kappa shape index (κ2) is 7.62. The van der Waals surface area contributed by atoms with Crippen LogP contribution in [0.3, 0.4) is 0 Å². The lowest BCUT2D eigenvalue weighted by atomic mass is 10.4. The molecule has 4 aromatic rings. The summed E-state index contributed by atoms with van der Waals surface area (Å²) in [5, 5.41) is 7.96. The van der Waals surface area contributed by atoms with Gasteiger partial charge in [-0.25, -0.2) is 28.6 Å². The number of aryl methyl sites for hydroxylation is 2. The van der Waals surface area contributed by atoms with Crippen molar-refractivity contribution in [1.29, 1.82) is 0 Å². The Morgan fingerprint density at radius 2 is 1.23 bits per heavy atom. The number of hydrogen-bond acceptors (Lipinski definition) is 11. The molecule has 13 nitrogen and oxygen atoms in total. The quantitative estimate of drug-likeness (QED) is 0.387. The molecular weight excluding hydrogens is 396 g/mol. The average Bonchev–Trinajstić information content (AvgIpc) is 3.36. The van der Waals surface area contributed by atoms with E-state index in [0.29, 0.717) is 0 Å². The lowest BCUT2D eigenvalue weighted by Crippen LogP contribution is -2.21. The van der Waals surface area contributed by atoms with Crippen molar-refractivity contribution in [2.24, 2.45) is 0 Å². The summed E-state index contributed by atoms with van der Waals surface area (Å²) >= 11 is 0. The molecule has 4 rings (SSSR count). The van der Waals surface area contributed by atoms with Crippen LogP contribution >= 0.6 is 0 Å². The summed E-state index contributed by atoms with van der Waals surface area (Å²) in [4.78, 5) is 51.8. The van der Waals surface area contributed by atoms with Gasteiger partial charge in [0.25, 0.3) is 23.2 Å². The van der Waals surface area contributed by atoms with Gasteiger partial charge in [-0.05, 0) is 26.0 Å². The summed E-state index contributed by atoms with van der Waals surface area (Å²) < 4.78 is 12.5. The third-order valence-corrected chi connectivity index (χ3v) is 3.95. The highest BCUT2D eigenvalue weighted by Gasteiger charge is 2.20. The number of ketones is 1. The van der Waals surface area contributed by atoms with Gasteiger partial charge in [-0.3, -0.25) is 4.79 Å². The summed E-state index contributed by atoms with van der Waals surface area (Å²) in [6, 6.07) is 3.40. The van der Waals surface area contributed by atoms with Crippen molar-refractivity contribution in [2.45, 2.75) is 13.8 Å². The largest absolute Gasteiger partial charge is 0.452 e. The molecule has 0 aliphatic rings. The van der Waals surface area contributed by atoms with E-state index in [1.54, 1.807) is 26.0 Å². The van der Waals surface area contributed by atoms with E-state index in [-0.39, 0.29) is 23.2 Å². The summed E-state index contributed by atoms with van der Waals surface area (Å²) in [6.07, 6.45) is 3.06. The minimum Gasteiger partial charge on any atom is -0.452 e. The molecule has 0 atom stereocenters. The van der Waals surface area contributed by atoms with E-state index in [1.165, 1.54) is 21.4 Å². The van der Waals surface area contributed by atoms with Crippen LogP contribution in [0.4, 0.5) is 0 Å².